The Morgan fingerprint density at radius 3 is 2.77 bits per heavy atom. The Bertz CT molecular complexity index is 1020. The Morgan fingerprint density at radius 2 is 1.93 bits per heavy atom. The Hall–Kier alpha value is -3.54. The van der Waals surface area contributed by atoms with Crippen LogP contribution in [-0.2, 0) is 11.2 Å². The zero-order valence-electron chi connectivity index (χ0n) is 16.9. The Kier molecular flexibility index (Phi) is 6.13. The summed E-state index contributed by atoms with van der Waals surface area (Å²) in [7, 11) is 1.64. The third-order valence-electron chi connectivity index (χ3n) is 4.99. The first-order valence-electron chi connectivity index (χ1n) is 10.0. The van der Waals surface area contributed by atoms with Crippen LogP contribution in [-0.4, -0.2) is 24.8 Å². The lowest BCUT2D eigenvalue weighted by Crippen LogP contribution is -2.11. The van der Waals surface area contributed by atoms with Gasteiger partial charge in [0.05, 0.1) is 24.7 Å². The number of hydrogen-bond acceptors (Lipinski definition) is 5. The Labute approximate surface area is 175 Å². The van der Waals surface area contributed by atoms with Crippen molar-refractivity contribution in [1.82, 2.24) is 4.98 Å². The van der Waals surface area contributed by atoms with Crippen molar-refractivity contribution in [2.75, 3.05) is 19.2 Å². The van der Waals surface area contributed by atoms with Crippen LogP contribution in [0.1, 0.15) is 24.8 Å². The second kappa shape index (κ2) is 9.31. The van der Waals surface area contributed by atoms with Crippen molar-refractivity contribution in [2.45, 2.75) is 25.7 Å². The summed E-state index contributed by atoms with van der Waals surface area (Å²) in [6, 6.07) is 17.5. The van der Waals surface area contributed by atoms with Crippen molar-refractivity contribution in [1.29, 1.82) is 0 Å². The lowest BCUT2D eigenvalue weighted by molar-refractivity contribution is -0.116. The Balaban J connectivity index is 1.24. The molecular weight excluding hydrogens is 380 g/mol. The van der Waals surface area contributed by atoms with E-state index in [-0.39, 0.29) is 12.7 Å². The second-order valence-electron chi connectivity index (χ2n) is 7.08. The third-order valence-corrected chi connectivity index (χ3v) is 4.99. The second-order valence-corrected chi connectivity index (χ2v) is 7.08. The lowest BCUT2D eigenvalue weighted by atomic mass is 10.1. The van der Waals surface area contributed by atoms with Gasteiger partial charge in [-0.2, -0.15) is 0 Å². The van der Waals surface area contributed by atoms with Crippen molar-refractivity contribution < 1.29 is 19.0 Å². The van der Waals surface area contributed by atoms with E-state index in [0.717, 1.165) is 47.8 Å². The molecule has 1 aromatic heterocycles. The van der Waals surface area contributed by atoms with Crippen LogP contribution in [0.2, 0.25) is 0 Å². The number of carbonyl (C=O) groups excluding carboxylic acids is 1. The number of nitrogens with zero attached hydrogens (tertiary/aromatic N) is 1. The molecule has 154 valence electrons. The summed E-state index contributed by atoms with van der Waals surface area (Å²) < 4.78 is 16.1. The monoisotopic (exact) mass is 404 g/mol. The third kappa shape index (κ3) is 4.71. The highest BCUT2D eigenvalue weighted by Gasteiger charge is 2.13. The van der Waals surface area contributed by atoms with E-state index >= 15 is 0 Å². The lowest BCUT2D eigenvalue weighted by Gasteiger charge is -2.09. The van der Waals surface area contributed by atoms with Crippen LogP contribution in [0.4, 0.5) is 5.69 Å². The summed E-state index contributed by atoms with van der Waals surface area (Å²) in [5, 5.41) is 2.91. The van der Waals surface area contributed by atoms with Crippen molar-refractivity contribution in [2.24, 2.45) is 0 Å². The molecule has 1 aliphatic heterocycles. The minimum absolute atomic E-state index is 0.00692. The molecule has 1 N–H and O–H groups in total. The molecule has 0 unspecified atom stereocenters. The number of aromatic nitrogens is 1. The molecule has 4 rings (SSSR count). The fourth-order valence-electron chi connectivity index (χ4n) is 3.42. The predicted octanol–water partition coefficient (Wildman–Crippen LogP) is 4.84. The van der Waals surface area contributed by atoms with Gasteiger partial charge in [0.2, 0.25) is 12.7 Å². The zero-order valence-corrected chi connectivity index (χ0v) is 16.9. The first-order valence-corrected chi connectivity index (χ1v) is 10.0. The molecule has 0 fully saturated rings. The predicted molar refractivity (Wildman–Crippen MR) is 115 cm³/mol. The van der Waals surface area contributed by atoms with Crippen molar-refractivity contribution in [3.05, 3.63) is 66.4 Å². The largest absolute Gasteiger partial charge is 0.496 e. The van der Waals surface area contributed by atoms with Crippen molar-refractivity contribution in [3.63, 3.8) is 0 Å². The van der Waals surface area contributed by atoms with E-state index in [9.17, 15) is 4.79 Å². The van der Waals surface area contributed by atoms with Crippen LogP contribution in [0.15, 0.2) is 60.8 Å². The quantitative estimate of drug-likeness (QED) is 0.544. The number of nitrogens with one attached hydrogen (secondary N) is 1. The molecule has 2 aromatic carbocycles. The molecule has 6 heteroatoms. The van der Waals surface area contributed by atoms with Gasteiger partial charge in [0, 0.05) is 12.0 Å². The van der Waals surface area contributed by atoms with Crippen LogP contribution in [0.5, 0.6) is 17.2 Å². The molecular formula is C24H24N2O4. The maximum Gasteiger partial charge on any atom is 0.231 e. The fourth-order valence-corrected chi connectivity index (χ4v) is 3.42. The van der Waals surface area contributed by atoms with Crippen LogP contribution < -0.4 is 19.5 Å². The molecule has 0 atom stereocenters. The van der Waals surface area contributed by atoms with Crippen LogP contribution in [0.25, 0.3) is 11.3 Å². The molecule has 0 aliphatic carbocycles. The maximum atomic E-state index is 12.2. The van der Waals surface area contributed by atoms with Crippen LogP contribution in [0.3, 0.4) is 0 Å². The number of anilines is 1. The van der Waals surface area contributed by atoms with E-state index in [1.165, 1.54) is 5.56 Å². The Morgan fingerprint density at radius 1 is 1.07 bits per heavy atom. The summed E-state index contributed by atoms with van der Waals surface area (Å²) in [5.41, 5.74) is 3.60. The zero-order chi connectivity index (χ0) is 20.8. The average Bonchev–Trinajstić information content (AvgIpc) is 3.25. The highest BCUT2D eigenvalue weighted by Crippen LogP contribution is 2.33. The number of aryl methyl sites for hydroxylation is 1. The van der Waals surface area contributed by atoms with E-state index in [4.69, 9.17) is 14.2 Å². The molecule has 6 nitrogen and oxygen atoms in total. The van der Waals surface area contributed by atoms with Crippen molar-refractivity contribution in [3.8, 4) is 28.5 Å². The molecule has 2 heterocycles. The van der Waals surface area contributed by atoms with Gasteiger partial charge in [0.15, 0.2) is 11.5 Å². The van der Waals surface area contributed by atoms with Gasteiger partial charge in [-0.1, -0.05) is 18.2 Å². The minimum atomic E-state index is -0.00692. The molecule has 1 aliphatic rings. The van der Waals surface area contributed by atoms with Crippen molar-refractivity contribution >= 4 is 11.6 Å². The molecule has 0 spiro atoms. The maximum absolute atomic E-state index is 12.2. The van der Waals surface area contributed by atoms with Gasteiger partial charge >= 0.3 is 0 Å². The van der Waals surface area contributed by atoms with Gasteiger partial charge in [-0.25, -0.2) is 0 Å². The number of benzene rings is 2. The van der Waals surface area contributed by atoms with Gasteiger partial charge < -0.3 is 19.5 Å². The number of methoxy groups -OCH3 is 1. The van der Waals surface area contributed by atoms with E-state index < -0.39 is 0 Å². The number of unbranched alkanes of at least 4 members (excludes halogenated alkanes) is 1. The van der Waals surface area contributed by atoms with E-state index in [0.29, 0.717) is 12.1 Å². The minimum Gasteiger partial charge on any atom is -0.496 e. The van der Waals surface area contributed by atoms with Gasteiger partial charge in [-0.05, 0) is 61.2 Å². The van der Waals surface area contributed by atoms with E-state index in [1.54, 1.807) is 13.3 Å². The standard InChI is InChI=1S/C24H24N2O4/c1-28-21-8-4-3-7-19(21)20-12-11-18(15-25-20)26-24(27)9-5-2-6-17-10-13-22-23(14-17)30-16-29-22/h3-4,7-8,10-15H,2,5-6,9,16H2,1H3,(H,26,27). The number of amides is 1. The highest BCUT2D eigenvalue weighted by molar-refractivity contribution is 5.90. The van der Waals surface area contributed by atoms with Gasteiger partial charge in [0.1, 0.15) is 5.75 Å². The van der Waals surface area contributed by atoms with E-state index in [2.05, 4.69) is 10.3 Å². The number of pyridine rings is 1. The number of para-hydroxylation sites is 1. The fraction of sp³-hybridized carbons (Fsp3) is 0.250. The highest BCUT2D eigenvalue weighted by atomic mass is 16.7. The molecule has 0 saturated carbocycles. The summed E-state index contributed by atoms with van der Waals surface area (Å²) >= 11 is 0. The first kappa shape index (κ1) is 19.8. The first-order chi connectivity index (χ1) is 14.7. The molecule has 30 heavy (non-hydrogen) atoms. The number of hydrogen-bond donors (Lipinski definition) is 1. The van der Waals surface area contributed by atoms with Gasteiger partial charge in [0.25, 0.3) is 0 Å². The topological polar surface area (TPSA) is 69.7 Å². The molecule has 0 radical (unpaired) electrons. The van der Waals surface area contributed by atoms with Crippen LogP contribution >= 0.6 is 0 Å². The van der Waals surface area contributed by atoms with E-state index in [1.807, 2.05) is 54.6 Å². The molecule has 0 saturated heterocycles. The average molecular weight is 404 g/mol. The molecule has 3 aromatic rings. The van der Waals surface area contributed by atoms with Gasteiger partial charge in [-0.15, -0.1) is 0 Å². The SMILES string of the molecule is COc1ccccc1-c1ccc(NC(=O)CCCCc2ccc3c(c2)OCO3)cn1. The summed E-state index contributed by atoms with van der Waals surface area (Å²) in [6.07, 6.45) is 4.79. The molecule has 0 bridgehead atoms. The number of fused-ring (bicyclic) bond motifs is 1. The smallest absolute Gasteiger partial charge is 0.231 e. The number of carbonyl (C=O) groups is 1. The van der Waals surface area contributed by atoms with Crippen LogP contribution in [0, 0.1) is 0 Å². The summed E-state index contributed by atoms with van der Waals surface area (Å²) in [4.78, 5) is 16.7. The number of rotatable bonds is 8. The summed E-state index contributed by atoms with van der Waals surface area (Å²) in [6.45, 7) is 0.285. The summed E-state index contributed by atoms with van der Waals surface area (Å²) in [5.74, 6) is 2.36. The normalized spacial score (nSPS) is 11.9. The number of ether oxygens (including phenoxy) is 3. The van der Waals surface area contributed by atoms with Gasteiger partial charge in [-0.3, -0.25) is 9.78 Å². The molecule has 1 amide bonds.